The molecule has 0 heterocycles. The van der Waals surface area contributed by atoms with Gasteiger partial charge in [-0.3, -0.25) is 14.4 Å². The van der Waals surface area contributed by atoms with Gasteiger partial charge in [0.1, 0.15) is 17.3 Å². The third-order valence-corrected chi connectivity index (χ3v) is 8.21. The highest BCUT2D eigenvalue weighted by Gasteiger charge is 2.49. The van der Waals surface area contributed by atoms with Crippen LogP contribution in [0.3, 0.4) is 0 Å². The van der Waals surface area contributed by atoms with Gasteiger partial charge in [0.05, 0.1) is 19.4 Å². The van der Waals surface area contributed by atoms with E-state index in [4.69, 9.17) is 63.7 Å². The lowest BCUT2D eigenvalue weighted by Crippen LogP contribution is -2.52. The number of ketones is 1. The number of aliphatic hydroxyl groups is 2. The van der Waals surface area contributed by atoms with E-state index in [1.54, 1.807) is 35.0 Å². The van der Waals surface area contributed by atoms with E-state index in [1.165, 1.54) is 0 Å². The predicted molar refractivity (Wildman–Crippen MR) is 218 cm³/mol. The van der Waals surface area contributed by atoms with Crippen LogP contribution < -0.4 is 5.73 Å². The van der Waals surface area contributed by atoms with Gasteiger partial charge in [0.15, 0.2) is 11.9 Å². The first kappa shape index (κ1) is 55.9. The molecule has 0 aliphatic heterocycles. The van der Waals surface area contributed by atoms with E-state index < -0.39 is 65.3 Å². The molecule has 14 radical (unpaired) electrons. The third kappa shape index (κ3) is 24.6. The van der Waals surface area contributed by atoms with Crippen molar-refractivity contribution in [3.8, 4) is 0 Å². The second kappa shape index (κ2) is 28.0. The molecule has 0 aromatic carbocycles. The molecule has 2 saturated carbocycles. The number of nitrogens with two attached hydrogens (primary N) is 1. The molecule has 53 heavy (non-hydrogen) atoms. The predicted octanol–water partition coefficient (Wildman–Crippen LogP) is -0.637. The van der Waals surface area contributed by atoms with Crippen molar-refractivity contribution >= 4 is 97.0 Å². The Hall–Kier alpha value is -1.47. The quantitative estimate of drug-likeness (QED) is 0.0896. The molecule has 0 spiro atoms. The maximum Gasteiger partial charge on any atom is 0.333 e. The Balaban J connectivity index is -0.000000693. The minimum atomic E-state index is -1.48. The maximum atomic E-state index is 12.1. The summed E-state index contributed by atoms with van der Waals surface area (Å²) in [6.07, 6.45) is 0.906. The Morgan fingerprint density at radius 2 is 1.08 bits per heavy atom. The standard InChI is InChI=1S/C16H28O5.C12H20O5.C3H9NO.B8.B2/c1-15(2,3)21-13(18)11-16(8-6-9-16)14(19)12(17)7-5-10-20-4;1-11(2,3)17-8(13)7-12(5-4-6-12)9(14)10(15)16;1-5-3-2-4;1-6(2)8(5)7(3)4;1-2/h14,19H,5-11H2,1-4H3;9,14H,4-7H2,1-3H3,(H,15,16);2-4H2,1H3;;. The summed E-state index contributed by atoms with van der Waals surface area (Å²) < 4.78 is 19.9. The Morgan fingerprint density at radius 3 is 1.28 bits per heavy atom. The third-order valence-electron chi connectivity index (χ3n) is 8.21. The monoisotopic (exact) mass is 729 g/mol. The topological polar surface area (TPSA) is 192 Å². The highest BCUT2D eigenvalue weighted by Crippen LogP contribution is 2.48. The number of carboxylic acids is 1. The molecule has 22 heteroatoms. The van der Waals surface area contributed by atoms with Gasteiger partial charge >= 0.3 is 17.9 Å². The molecule has 2 aliphatic carbocycles. The van der Waals surface area contributed by atoms with Crippen LogP contribution >= 0.6 is 0 Å². The number of aliphatic carboxylic acids is 1. The molecule has 0 aromatic heterocycles. The van der Waals surface area contributed by atoms with Crippen LogP contribution in [0.25, 0.3) is 0 Å². The van der Waals surface area contributed by atoms with E-state index in [1.807, 2.05) is 20.8 Å². The Bertz CT molecular complexity index is 1030. The van der Waals surface area contributed by atoms with Gasteiger partial charge in [0.2, 0.25) is 0 Å². The highest BCUT2D eigenvalue weighted by molar-refractivity contribution is 7.89. The second-order valence-electron chi connectivity index (χ2n) is 15.2. The molecule has 2 atom stereocenters. The number of methoxy groups -OCH3 is 2. The molecule has 2 aliphatic rings. The lowest BCUT2D eigenvalue weighted by atomic mass is 8.68. The van der Waals surface area contributed by atoms with Crippen molar-refractivity contribution in [2.75, 3.05) is 34.0 Å². The molecular weight excluding hydrogens is 670 g/mol. The highest BCUT2D eigenvalue weighted by atomic mass is 16.6. The van der Waals surface area contributed by atoms with Gasteiger partial charge in [-0.1, -0.05) is 12.8 Å². The van der Waals surface area contributed by atoms with Crippen LogP contribution in [0.4, 0.5) is 0 Å². The average molecular weight is 728 g/mol. The van der Waals surface area contributed by atoms with Gasteiger partial charge < -0.3 is 40.0 Å². The molecule has 0 aromatic rings. The normalized spacial score (nSPS) is 16.0. The first-order valence-corrected chi connectivity index (χ1v) is 17.7. The largest absolute Gasteiger partial charge is 0.479 e. The molecule has 0 saturated heterocycles. The number of rotatable bonds is 16. The van der Waals surface area contributed by atoms with Crippen molar-refractivity contribution in [1.29, 1.82) is 0 Å². The molecule has 0 amide bonds. The van der Waals surface area contributed by atoms with E-state index in [0.717, 1.165) is 12.8 Å². The van der Waals surface area contributed by atoms with E-state index >= 15 is 0 Å². The zero-order valence-electron chi connectivity index (χ0n) is 33.3. The summed E-state index contributed by atoms with van der Waals surface area (Å²) in [6, 6.07) is 0. The van der Waals surface area contributed by atoms with E-state index in [0.29, 0.717) is 51.9 Å². The molecule has 2 fully saturated rings. The summed E-state index contributed by atoms with van der Waals surface area (Å²) in [5, 5.41) is 28.8. The summed E-state index contributed by atoms with van der Waals surface area (Å²) in [4.78, 5) is 46.5. The van der Waals surface area contributed by atoms with Crippen LogP contribution in [0.2, 0.25) is 0 Å². The van der Waals surface area contributed by atoms with Gasteiger partial charge in [-0.2, -0.15) is 0 Å². The number of carboxylic acid groups (broad SMARTS) is 1. The van der Waals surface area contributed by atoms with Crippen molar-refractivity contribution < 1.29 is 53.4 Å². The molecular formula is C31H57B10NO11. The Labute approximate surface area is 329 Å². The summed E-state index contributed by atoms with van der Waals surface area (Å²) in [6.45, 7) is 12.5. The van der Waals surface area contributed by atoms with Gasteiger partial charge in [0, 0.05) is 118 Å². The van der Waals surface area contributed by atoms with Crippen LogP contribution in [0.15, 0.2) is 0 Å². The van der Waals surface area contributed by atoms with Gasteiger partial charge in [-0.25, -0.2) is 4.79 Å². The van der Waals surface area contributed by atoms with Gasteiger partial charge in [0.25, 0.3) is 0 Å². The fourth-order valence-corrected chi connectivity index (χ4v) is 5.19. The zero-order valence-corrected chi connectivity index (χ0v) is 33.3. The summed E-state index contributed by atoms with van der Waals surface area (Å²) in [5.41, 5.74) is 2.44. The van der Waals surface area contributed by atoms with Crippen LogP contribution in [-0.2, 0) is 38.1 Å². The summed E-state index contributed by atoms with van der Waals surface area (Å²) in [7, 11) is 37.0. The second-order valence-corrected chi connectivity index (χ2v) is 15.2. The van der Waals surface area contributed by atoms with E-state index in [2.05, 4.69) is 20.2 Å². The van der Waals surface area contributed by atoms with Crippen molar-refractivity contribution in [3.63, 3.8) is 0 Å². The number of Topliss-reactive ketones (excluding diaryl/α,β-unsaturated/α-hetero) is 1. The van der Waals surface area contributed by atoms with Crippen LogP contribution in [0.5, 0.6) is 0 Å². The zero-order chi connectivity index (χ0) is 42.2. The number of hydrogen-bond acceptors (Lipinski definition) is 11. The van der Waals surface area contributed by atoms with Crippen LogP contribution in [-0.4, -0.2) is 170 Å². The fraction of sp³-hybridized carbons (Fsp3) is 0.871. The summed E-state index contributed by atoms with van der Waals surface area (Å²) in [5.74, 6) is -2.26. The van der Waals surface area contributed by atoms with E-state index in [9.17, 15) is 29.4 Å². The molecule has 282 valence electrons. The number of ether oxygens (including phenoxy) is 4. The molecule has 0 bridgehead atoms. The molecule has 5 N–H and O–H groups in total. The SMILES string of the molecule is CC(C)(C)OC(=O)CC1(C(O)C(=O)O)CCC1.COCCCC(=O)C(O)C1(CC(=O)OC(C)(C)C)CCC1.COCCN.[B]B([B])B([B])B([B])[B].[B][B]. The first-order chi connectivity index (χ1) is 24.3. The smallest absolute Gasteiger partial charge is 0.333 e. The number of hydrogen-bond donors (Lipinski definition) is 4. The molecule has 2 unspecified atom stereocenters. The number of esters is 2. The van der Waals surface area contributed by atoms with Crippen molar-refractivity contribution in [2.24, 2.45) is 16.6 Å². The van der Waals surface area contributed by atoms with Gasteiger partial charge in [-0.15, -0.1) is 0 Å². The van der Waals surface area contributed by atoms with E-state index in [-0.39, 0.29) is 31.0 Å². The lowest BCUT2D eigenvalue weighted by Gasteiger charge is -2.44. The molecule has 2 rings (SSSR count). The molecule has 12 nitrogen and oxygen atoms in total. The van der Waals surface area contributed by atoms with Crippen molar-refractivity contribution in [1.82, 2.24) is 0 Å². The van der Waals surface area contributed by atoms with Crippen molar-refractivity contribution in [2.45, 2.75) is 129 Å². The summed E-state index contributed by atoms with van der Waals surface area (Å²) >= 11 is 0. The lowest BCUT2D eigenvalue weighted by molar-refractivity contribution is -0.171. The fourth-order valence-electron chi connectivity index (χ4n) is 5.19. The minimum Gasteiger partial charge on any atom is -0.479 e. The number of carbonyl (C=O) groups is 4. The minimum absolute atomic E-state index is 0.0300. The first-order valence-electron chi connectivity index (χ1n) is 17.7. The Morgan fingerprint density at radius 1 is 0.717 bits per heavy atom. The maximum absolute atomic E-state index is 12.1. The van der Waals surface area contributed by atoms with Crippen LogP contribution in [0.1, 0.15) is 106 Å². The average Bonchev–Trinajstić information content (AvgIpc) is 3.00. The number of aliphatic hydroxyl groups excluding tert-OH is 2. The van der Waals surface area contributed by atoms with Crippen LogP contribution in [0, 0.1) is 10.8 Å². The van der Waals surface area contributed by atoms with Crippen molar-refractivity contribution in [3.05, 3.63) is 0 Å². The Kier molecular flexibility index (Phi) is 29.5. The number of carbonyl (C=O) groups excluding carboxylic acids is 3. The van der Waals surface area contributed by atoms with Gasteiger partial charge in [-0.05, 0) is 73.6 Å².